The third-order valence-electron chi connectivity index (χ3n) is 10.5. The number of rotatable bonds is 4. The molecule has 4 N–H and O–H groups in total. The van der Waals surface area contributed by atoms with Crippen molar-refractivity contribution in [1.82, 2.24) is 5.32 Å². The number of nitrogen functional groups attached to an aromatic ring is 1. The third-order valence-corrected chi connectivity index (χ3v) is 10.5. The first-order valence-electron chi connectivity index (χ1n) is 14.0. The average molecular weight is 512 g/mol. The summed E-state index contributed by atoms with van der Waals surface area (Å²) >= 11 is 0. The summed E-state index contributed by atoms with van der Waals surface area (Å²) in [5.41, 5.74) is 9.40. The molecule has 198 valence electrons. The Hall–Kier alpha value is -3.41. The number of fused-ring (bicyclic) bond motifs is 5. The molecule has 4 unspecified atom stereocenters. The van der Waals surface area contributed by atoms with Gasteiger partial charge in [0.1, 0.15) is 0 Å². The lowest BCUT2D eigenvalue weighted by Crippen LogP contribution is -2.57. The van der Waals surface area contributed by atoms with E-state index in [4.69, 9.17) is 5.73 Å². The summed E-state index contributed by atoms with van der Waals surface area (Å²) in [4.78, 5) is 38.4. The minimum absolute atomic E-state index is 0.0257. The van der Waals surface area contributed by atoms with E-state index in [2.05, 4.69) is 24.5 Å². The summed E-state index contributed by atoms with van der Waals surface area (Å²) < 4.78 is 0. The van der Waals surface area contributed by atoms with Gasteiger partial charge in [0.25, 0.3) is 0 Å². The van der Waals surface area contributed by atoms with E-state index in [0.29, 0.717) is 41.0 Å². The Morgan fingerprint density at radius 3 is 2.32 bits per heavy atom. The largest absolute Gasteiger partial charge is 0.399 e. The van der Waals surface area contributed by atoms with Crippen molar-refractivity contribution in [2.24, 2.45) is 34.5 Å². The zero-order chi connectivity index (χ0) is 26.7. The van der Waals surface area contributed by atoms with Crippen LogP contribution < -0.4 is 16.4 Å². The average Bonchev–Trinajstić information content (AvgIpc) is 3.27. The third kappa shape index (κ3) is 3.96. The van der Waals surface area contributed by atoms with Gasteiger partial charge in [0.05, 0.1) is 0 Å². The van der Waals surface area contributed by atoms with Crippen LogP contribution >= 0.6 is 0 Å². The zero-order valence-electron chi connectivity index (χ0n) is 22.3. The fourth-order valence-electron chi connectivity index (χ4n) is 8.31. The van der Waals surface area contributed by atoms with Crippen LogP contribution in [0.25, 0.3) is 0 Å². The molecule has 38 heavy (non-hydrogen) atoms. The van der Waals surface area contributed by atoms with Crippen molar-refractivity contribution in [2.75, 3.05) is 17.6 Å². The number of nitrogens with one attached hydrogen (secondary N) is 2. The SMILES string of the molecule is C[C@]12CCC3C(CNC4=CC(=O)CC[C@@]43C)C1CCC2C(=O)Nc1ccc(C(=O)c2ccc(N)cc2)cc1. The Bertz CT molecular complexity index is 1310. The fraction of sp³-hybridized carbons (Fsp3) is 0.469. The highest BCUT2D eigenvalue weighted by Crippen LogP contribution is 2.64. The van der Waals surface area contributed by atoms with E-state index in [1.165, 1.54) is 0 Å². The van der Waals surface area contributed by atoms with E-state index < -0.39 is 0 Å². The predicted molar refractivity (Wildman–Crippen MR) is 148 cm³/mol. The van der Waals surface area contributed by atoms with Crippen molar-refractivity contribution in [3.05, 3.63) is 71.4 Å². The van der Waals surface area contributed by atoms with Gasteiger partial charge in [0, 0.05) is 58.6 Å². The summed E-state index contributed by atoms with van der Waals surface area (Å²) in [6.45, 7) is 5.58. The number of nitrogens with two attached hydrogens (primary N) is 1. The molecule has 0 bridgehead atoms. The molecular weight excluding hydrogens is 474 g/mol. The highest BCUT2D eigenvalue weighted by Gasteiger charge is 2.60. The molecule has 6 atom stereocenters. The van der Waals surface area contributed by atoms with E-state index in [9.17, 15) is 14.4 Å². The molecule has 1 amide bonds. The number of amides is 1. The van der Waals surface area contributed by atoms with Crippen LogP contribution in [0.1, 0.15) is 68.3 Å². The van der Waals surface area contributed by atoms with Crippen molar-refractivity contribution in [3.63, 3.8) is 0 Å². The lowest BCUT2D eigenvalue weighted by atomic mass is 9.50. The molecule has 0 aromatic heterocycles. The van der Waals surface area contributed by atoms with Gasteiger partial charge in [-0.2, -0.15) is 0 Å². The molecule has 3 aliphatic carbocycles. The summed E-state index contributed by atoms with van der Waals surface area (Å²) in [6.07, 6.45) is 7.55. The van der Waals surface area contributed by atoms with Gasteiger partial charge in [-0.05, 0) is 104 Å². The molecule has 6 rings (SSSR count). The maximum atomic E-state index is 13.6. The van der Waals surface area contributed by atoms with Crippen LogP contribution in [-0.2, 0) is 9.59 Å². The summed E-state index contributed by atoms with van der Waals surface area (Å²) in [7, 11) is 0. The lowest BCUT2D eigenvalue weighted by Gasteiger charge is -2.58. The van der Waals surface area contributed by atoms with Crippen LogP contribution in [0.5, 0.6) is 0 Å². The zero-order valence-corrected chi connectivity index (χ0v) is 22.3. The smallest absolute Gasteiger partial charge is 0.228 e. The van der Waals surface area contributed by atoms with Gasteiger partial charge in [-0.1, -0.05) is 13.8 Å². The van der Waals surface area contributed by atoms with Gasteiger partial charge < -0.3 is 16.4 Å². The van der Waals surface area contributed by atoms with Crippen molar-refractivity contribution in [3.8, 4) is 0 Å². The number of anilines is 2. The van der Waals surface area contributed by atoms with Crippen LogP contribution in [0.15, 0.2) is 60.3 Å². The van der Waals surface area contributed by atoms with E-state index in [1.807, 2.05) is 18.2 Å². The Kier molecular flexibility index (Phi) is 5.97. The topological polar surface area (TPSA) is 101 Å². The van der Waals surface area contributed by atoms with E-state index in [1.54, 1.807) is 36.4 Å². The summed E-state index contributed by atoms with van der Waals surface area (Å²) in [5.74, 6) is 1.83. The second-order valence-electron chi connectivity index (χ2n) is 12.4. The highest BCUT2D eigenvalue weighted by molar-refractivity contribution is 6.09. The van der Waals surface area contributed by atoms with Crippen LogP contribution in [0, 0.1) is 34.5 Å². The van der Waals surface area contributed by atoms with Gasteiger partial charge in [-0.25, -0.2) is 0 Å². The van der Waals surface area contributed by atoms with Crippen molar-refractivity contribution in [2.45, 2.75) is 52.4 Å². The van der Waals surface area contributed by atoms with Crippen molar-refractivity contribution >= 4 is 28.8 Å². The molecule has 6 heteroatoms. The minimum Gasteiger partial charge on any atom is -0.399 e. The number of benzene rings is 2. The molecule has 4 aliphatic rings. The van der Waals surface area contributed by atoms with Crippen LogP contribution in [0.2, 0.25) is 0 Å². The Morgan fingerprint density at radius 2 is 1.61 bits per heavy atom. The molecule has 1 heterocycles. The van der Waals surface area contributed by atoms with E-state index in [0.717, 1.165) is 50.0 Å². The number of carbonyl (C=O) groups excluding carboxylic acids is 3. The molecule has 3 fully saturated rings. The first-order chi connectivity index (χ1) is 18.2. The first kappa shape index (κ1) is 24.9. The molecular formula is C32H37N3O3. The number of carbonyl (C=O) groups is 3. The standard InChI is InChI=1S/C32H37N3O3/c1-31-16-14-26-24(18-34-28-17-23(36)13-15-32(26,28)2)25(31)11-12-27(31)30(38)35-22-9-5-20(6-10-22)29(37)19-3-7-21(33)8-4-19/h3-10,17,24-27,34H,11-16,18,33H2,1-2H3,(H,35,38)/t24?,25?,26?,27?,31-,32+/m0/s1. The molecule has 0 spiro atoms. The maximum Gasteiger partial charge on any atom is 0.228 e. The quantitative estimate of drug-likeness (QED) is 0.379. The van der Waals surface area contributed by atoms with Gasteiger partial charge in [0.15, 0.2) is 11.6 Å². The highest BCUT2D eigenvalue weighted by atomic mass is 16.2. The second kappa shape index (κ2) is 9.11. The minimum atomic E-state index is -0.0686. The molecule has 1 aliphatic heterocycles. The van der Waals surface area contributed by atoms with Crippen LogP contribution in [0.4, 0.5) is 11.4 Å². The summed E-state index contributed by atoms with van der Waals surface area (Å²) in [5, 5.41) is 6.80. The van der Waals surface area contributed by atoms with Gasteiger partial charge in [0.2, 0.25) is 5.91 Å². The van der Waals surface area contributed by atoms with Gasteiger partial charge in [-0.15, -0.1) is 0 Å². The summed E-state index contributed by atoms with van der Waals surface area (Å²) in [6, 6.07) is 14.1. The number of piperidine rings is 1. The molecule has 6 nitrogen and oxygen atoms in total. The number of hydrogen-bond donors (Lipinski definition) is 3. The number of ketones is 2. The van der Waals surface area contributed by atoms with Crippen molar-refractivity contribution < 1.29 is 14.4 Å². The Labute approximate surface area is 224 Å². The number of allylic oxidation sites excluding steroid dienone is 2. The predicted octanol–water partition coefficient (Wildman–Crippen LogP) is 5.35. The van der Waals surface area contributed by atoms with Gasteiger partial charge >= 0.3 is 0 Å². The van der Waals surface area contributed by atoms with E-state index in [-0.39, 0.29) is 34.2 Å². The molecule has 0 radical (unpaired) electrons. The van der Waals surface area contributed by atoms with Crippen molar-refractivity contribution in [1.29, 1.82) is 0 Å². The lowest BCUT2D eigenvalue weighted by molar-refractivity contribution is -0.127. The van der Waals surface area contributed by atoms with Crippen LogP contribution in [-0.4, -0.2) is 24.0 Å². The second-order valence-corrected chi connectivity index (χ2v) is 12.4. The molecule has 2 aromatic rings. The van der Waals surface area contributed by atoms with Crippen LogP contribution in [0.3, 0.4) is 0 Å². The molecule has 2 saturated carbocycles. The van der Waals surface area contributed by atoms with E-state index >= 15 is 0 Å². The first-order valence-corrected chi connectivity index (χ1v) is 14.0. The molecule has 2 aromatic carbocycles. The fourth-order valence-corrected chi connectivity index (χ4v) is 8.31. The Morgan fingerprint density at radius 1 is 0.921 bits per heavy atom. The monoisotopic (exact) mass is 511 g/mol. The maximum absolute atomic E-state index is 13.6. The molecule has 1 saturated heterocycles. The normalized spacial score (nSPS) is 33.7. The Balaban J connectivity index is 1.15. The number of hydrogen-bond acceptors (Lipinski definition) is 5. The van der Waals surface area contributed by atoms with Gasteiger partial charge in [-0.3, -0.25) is 14.4 Å².